The zero-order valence-electron chi connectivity index (χ0n) is 11.1. The normalized spacial score (nSPS) is 15.3. The molecule has 0 bridgehead atoms. The molecule has 4 N–H and O–H groups in total. The van der Waals surface area contributed by atoms with E-state index in [4.69, 9.17) is 10.2 Å². The molecular formula is C13H19N3O4. The molecule has 0 radical (unpaired) electrons. The van der Waals surface area contributed by atoms with E-state index in [1.54, 1.807) is 0 Å². The van der Waals surface area contributed by atoms with Crippen LogP contribution < -0.4 is 5.56 Å². The fourth-order valence-electron chi connectivity index (χ4n) is 2.33. The van der Waals surface area contributed by atoms with Crippen molar-refractivity contribution in [3.63, 3.8) is 0 Å². The molecule has 0 aromatic carbocycles. The van der Waals surface area contributed by atoms with Crippen LogP contribution in [-0.4, -0.2) is 69.1 Å². The first-order valence-electron chi connectivity index (χ1n) is 6.53. The summed E-state index contributed by atoms with van der Waals surface area (Å²) in [5, 5.41) is 27.5. The van der Waals surface area contributed by atoms with Gasteiger partial charge in [-0.2, -0.15) is 0 Å². The van der Waals surface area contributed by atoms with Crippen molar-refractivity contribution in [1.29, 1.82) is 0 Å². The van der Waals surface area contributed by atoms with E-state index in [1.165, 1.54) is 6.33 Å². The minimum Gasteiger partial charge on any atom is -0.395 e. The van der Waals surface area contributed by atoms with Crippen LogP contribution in [0.1, 0.15) is 11.3 Å². The lowest BCUT2D eigenvalue weighted by Gasteiger charge is -2.24. The number of H-pyrrole nitrogens is 1. The van der Waals surface area contributed by atoms with Crippen LogP contribution in [0.25, 0.3) is 5.57 Å². The first-order valence-corrected chi connectivity index (χ1v) is 6.53. The molecule has 1 aliphatic rings. The highest BCUT2D eigenvalue weighted by atomic mass is 16.3. The summed E-state index contributed by atoms with van der Waals surface area (Å²) in [6.07, 6.45) is 3.00. The van der Waals surface area contributed by atoms with Gasteiger partial charge in [-0.1, -0.05) is 6.08 Å². The Morgan fingerprint density at radius 1 is 1.45 bits per heavy atom. The molecular weight excluding hydrogens is 262 g/mol. The zero-order valence-corrected chi connectivity index (χ0v) is 11.1. The van der Waals surface area contributed by atoms with E-state index in [2.05, 4.69) is 9.97 Å². The molecule has 2 rings (SSSR count). The summed E-state index contributed by atoms with van der Waals surface area (Å²) in [5.74, 6) is 0. The quantitative estimate of drug-likeness (QED) is 0.477. The number of aromatic amines is 1. The van der Waals surface area contributed by atoms with Crippen LogP contribution in [0.3, 0.4) is 0 Å². The van der Waals surface area contributed by atoms with Gasteiger partial charge in [-0.3, -0.25) is 9.69 Å². The second kappa shape index (κ2) is 6.76. The molecule has 0 saturated heterocycles. The number of aliphatic hydroxyl groups excluding tert-OH is 3. The highest BCUT2D eigenvalue weighted by Crippen LogP contribution is 2.23. The van der Waals surface area contributed by atoms with Gasteiger partial charge in [0.15, 0.2) is 0 Å². The largest absolute Gasteiger partial charge is 0.395 e. The fourth-order valence-corrected chi connectivity index (χ4v) is 2.33. The van der Waals surface area contributed by atoms with E-state index >= 15 is 0 Å². The van der Waals surface area contributed by atoms with Crippen LogP contribution in [-0.2, 0) is 6.42 Å². The topological polar surface area (TPSA) is 110 Å². The van der Waals surface area contributed by atoms with Crippen LogP contribution in [0.4, 0.5) is 0 Å². The van der Waals surface area contributed by atoms with Gasteiger partial charge in [0.1, 0.15) is 0 Å². The van der Waals surface area contributed by atoms with Crippen LogP contribution in [0.5, 0.6) is 0 Å². The van der Waals surface area contributed by atoms with Crippen molar-refractivity contribution in [1.82, 2.24) is 14.9 Å². The number of aromatic nitrogens is 2. The summed E-state index contributed by atoms with van der Waals surface area (Å²) in [6, 6.07) is 0. The summed E-state index contributed by atoms with van der Waals surface area (Å²) in [7, 11) is 0. The minimum absolute atomic E-state index is 0.0406. The molecule has 7 nitrogen and oxygen atoms in total. The molecule has 0 fully saturated rings. The molecule has 0 unspecified atom stereocenters. The minimum atomic E-state index is -0.852. The highest BCUT2D eigenvalue weighted by molar-refractivity contribution is 5.70. The number of aliphatic hydroxyl groups is 3. The zero-order chi connectivity index (χ0) is 14.5. The Balaban J connectivity index is 2.09. The number of hydrogen-bond donors (Lipinski definition) is 4. The van der Waals surface area contributed by atoms with Crippen molar-refractivity contribution in [3.8, 4) is 0 Å². The van der Waals surface area contributed by atoms with E-state index in [0.717, 1.165) is 5.57 Å². The molecule has 0 saturated carbocycles. The number of nitrogens with zero attached hydrogens (tertiary/aromatic N) is 2. The Hall–Kier alpha value is -1.54. The Morgan fingerprint density at radius 2 is 2.25 bits per heavy atom. The lowest BCUT2D eigenvalue weighted by Crippen LogP contribution is -2.37. The number of fused-ring (bicyclic) bond motifs is 1. The molecule has 7 heteroatoms. The van der Waals surface area contributed by atoms with E-state index in [0.29, 0.717) is 30.8 Å². The second-order valence-electron chi connectivity index (χ2n) is 4.79. The predicted molar refractivity (Wildman–Crippen MR) is 73.2 cm³/mol. The number of allylic oxidation sites excluding steroid dienone is 1. The van der Waals surface area contributed by atoms with Gasteiger partial charge in [-0.05, 0) is 12.0 Å². The smallest absolute Gasteiger partial charge is 0.254 e. The fraction of sp³-hybridized carbons (Fsp3) is 0.538. The Labute approximate surface area is 116 Å². The maximum atomic E-state index is 11.6. The third-order valence-corrected chi connectivity index (χ3v) is 3.30. The molecule has 110 valence electrons. The van der Waals surface area contributed by atoms with Crippen molar-refractivity contribution < 1.29 is 15.3 Å². The Bertz CT molecular complexity index is 541. The molecule has 0 aliphatic heterocycles. The SMILES string of the molecule is O=c1[nH]cnc2c1CC=C2CN(CCO)C[C@H](O)CO. The molecule has 1 aliphatic carbocycles. The Kier molecular flexibility index (Phi) is 5.02. The molecule has 0 spiro atoms. The van der Waals surface area contributed by atoms with Crippen molar-refractivity contribution >= 4 is 5.57 Å². The van der Waals surface area contributed by atoms with Crippen LogP contribution in [0.15, 0.2) is 17.2 Å². The lowest BCUT2D eigenvalue weighted by molar-refractivity contribution is 0.0581. The van der Waals surface area contributed by atoms with Crippen molar-refractivity contribution in [2.24, 2.45) is 0 Å². The maximum absolute atomic E-state index is 11.6. The van der Waals surface area contributed by atoms with Gasteiger partial charge in [0.2, 0.25) is 0 Å². The summed E-state index contributed by atoms with van der Waals surface area (Å²) in [5.41, 5.74) is 2.10. The molecule has 1 aromatic heterocycles. The summed E-state index contributed by atoms with van der Waals surface area (Å²) >= 11 is 0. The first kappa shape index (κ1) is 14.9. The molecule has 1 heterocycles. The molecule has 1 aromatic rings. The molecule has 0 amide bonds. The average molecular weight is 281 g/mol. The van der Waals surface area contributed by atoms with Gasteiger partial charge in [-0.25, -0.2) is 4.98 Å². The van der Waals surface area contributed by atoms with Crippen LogP contribution in [0, 0.1) is 0 Å². The average Bonchev–Trinajstić information content (AvgIpc) is 2.83. The van der Waals surface area contributed by atoms with E-state index in [9.17, 15) is 9.90 Å². The molecule has 1 atom stereocenters. The monoisotopic (exact) mass is 281 g/mol. The summed E-state index contributed by atoms with van der Waals surface area (Å²) < 4.78 is 0. The van der Waals surface area contributed by atoms with Crippen LogP contribution >= 0.6 is 0 Å². The number of rotatable bonds is 7. The van der Waals surface area contributed by atoms with Gasteiger partial charge in [-0.15, -0.1) is 0 Å². The van der Waals surface area contributed by atoms with Gasteiger partial charge in [0, 0.05) is 25.2 Å². The summed E-state index contributed by atoms with van der Waals surface area (Å²) in [4.78, 5) is 20.2. The van der Waals surface area contributed by atoms with Gasteiger partial charge < -0.3 is 20.3 Å². The number of hydrogen-bond acceptors (Lipinski definition) is 6. The third-order valence-electron chi connectivity index (χ3n) is 3.30. The van der Waals surface area contributed by atoms with Crippen LogP contribution in [0.2, 0.25) is 0 Å². The first-order chi connectivity index (χ1) is 9.65. The van der Waals surface area contributed by atoms with Gasteiger partial charge in [0.25, 0.3) is 5.56 Å². The van der Waals surface area contributed by atoms with Gasteiger partial charge in [0.05, 0.1) is 31.3 Å². The standard InChI is InChI=1S/C13H19N3O4/c17-4-3-16(6-10(19)7-18)5-9-1-2-11-12(9)14-8-15-13(11)20/h1,8,10,17-19H,2-7H2,(H,14,15,20)/t10-/m0/s1. The number of nitrogens with one attached hydrogen (secondary N) is 1. The van der Waals surface area contributed by atoms with Gasteiger partial charge >= 0.3 is 0 Å². The Morgan fingerprint density at radius 3 is 2.95 bits per heavy atom. The highest BCUT2D eigenvalue weighted by Gasteiger charge is 2.21. The van der Waals surface area contributed by atoms with Crippen molar-refractivity contribution in [2.75, 3.05) is 32.8 Å². The maximum Gasteiger partial charge on any atom is 0.254 e. The summed E-state index contributed by atoms with van der Waals surface area (Å²) in [6.45, 7) is 0.748. The predicted octanol–water partition coefficient (Wildman–Crippen LogP) is -1.64. The third kappa shape index (κ3) is 3.31. The lowest BCUT2D eigenvalue weighted by atomic mass is 10.1. The van der Waals surface area contributed by atoms with E-state index in [1.807, 2.05) is 11.0 Å². The van der Waals surface area contributed by atoms with Crippen molar-refractivity contribution in [2.45, 2.75) is 12.5 Å². The second-order valence-corrected chi connectivity index (χ2v) is 4.79. The van der Waals surface area contributed by atoms with E-state index < -0.39 is 6.10 Å². The molecule has 20 heavy (non-hydrogen) atoms. The van der Waals surface area contributed by atoms with E-state index in [-0.39, 0.29) is 25.3 Å². The van der Waals surface area contributed by atoms with Crippen molar-refractivity contribution in [3.05, 3.63) is 34.0 Å².